The summed E-state index contributed by atoms with van der Waals surface area (Å²) >= 11 is 0. The molecule has 2 rings (SSSR count). The van der Waals surface area contributed by atoms with Crippen molar-refractivity contribution in [1.82, 2.24) is 0 Å². The molecule has 0 atom stereocenters. The summed E-state index contributed by atoms with van der Waals surface area (Å²) in [4.78, 5) is 23.9. The number of nitrogens with one attached hydrogen (secondary N) is 1. The molecular formula is C20H18N2O4. The summed E-state index contributed by atoms with van der Waals surface area (Å²) in [6, 6.07) is 15.9. The molecule has 0 radical (unpaired) electrons. The molecule has 26 heavy (non-hydrogen) atoms. The van der Waals surface area contributed by atoms with Crippen LogP contribution in [0.5, 0.6) is 5.75 Å². The standard InChI is InChI=1S/C20H18N2O4/c1-14-6-8-15(9-7-14)10-16(12-21)20(24)26-13-19(23)22-17-4-3-5-18(11-17)25-2/h3-11H,13H2,1-2H3,(H,22,23)/b16-10+. The van der Waals surface area contributed by atoms with Gasteiger partial charge in [0.05, 0.1) is 7.11 Å². The zero-order chi connectivity index (χ0) is 18.9. The molecule has 0 unspecified atom stereocenters. The second kappa shape index (κ2) is 9.04. The number of hydrogen-bond donors (Lipinski definition) is 1. The number of esters is 1. The lowest BCUT2D eigenvalue weighted by atomic mass is 10.1. The Morgan fingerprint density at radius 2 is 1.92 bits per heavy atom. The molecule has 0 heterocycles. The van der Waals surface area contributed by atoms with E-state index in [4.69, 9.17) is 14.7 Å². The van der Waals surface area contributed by atoms with E-state index in [-0.39, 0.29) is 5.57 Å². The number of benzene rings is 2. The third-order valence-electron chi connectivity index (χ3n) is 3.42. The van der Waals surface area contributed by atoms with E-state index in [0.29, 0.717) is 17.0 Å². The fourth-order valence-corrected chi connectivity index (χ4v) is 2.07. The zero-order valence-corrected chi connectivity index (χ0v) is 14.5. The lowest BCUT2D eigenvalue weighted by molar-refractivity contribution is -0.142. The number of ether oxygens (including phenoxy) is 2. The van der Waals surface area contributed by atoms with Crippen LogP contribution in [0.25, 0.3) is 6.08 Å². The fraction of sp³-hybridized carbons (Fsp3) is 0.150. The van der Waals surface area contributed by atoms with Gasteiger partial charge in [0.2, 0.25) is 0 Å². The van der Waals surface area contributed by atoms with Gasteiger partial charge >= 0.3 is 5.97 Å². The summed E-state index contributed by atoms with van der Waals surface area (Å²) in [5, 5.41) is 11.7. The maximum atomic E-state index is 12.0. The summed E-state index contributed by atoms with van der Waals surface area (Å²) in [5.41, 5.74) is 2.10. The van der Waals surface area contributed by atoms with Crippen LogP contribution in [0.3, 0.4) is 0 Å². The predicted octanol–water partition coefficient (Wildman–Crippen LogP) is 3.09. The molecule has 132 valence electrons. The number of aryl methyl sites for hydroxylation is 1. The van der Waals surface area contributed by atoms with Crippen molar-refractivity contribution in [2.24, 2.45) is 0 Å². The molecule has 1 N–H and O–H groups in total. The maximum absolute atomic E-state index is 12.0. The molecule has 0 fully saturated rings. The van der Waals surface area contributed by atoms with E-state index in [9.17, 15) is 9.59 Å². The number of methoxy groups -OCH3 is 1. The van der Waals surface area contributed by atoms with Gasteiger partial charge in [0, 0.05) is 11.8 Å². The minimum absolute atomic E-state index is 0.178. The van der Waals surface area contributed by atoms with Crippen LogP contribution < -0.4 is 10.1 Å². The number of anilines is 1. The third kappa shape index (κ3) is 5.49. The van der Waals surface area contributed by atoms with Crippen LogP contribution in [0.4, 0.5) is 5.69 Å². The Morgan fingerprint density at radius 3 is 2.58 bits per heavy atom. The van der Waals surface area contributed by atoms with Crippen molar-refractivity contribution >= 4 is 23.6 Å². The highest BCUT2D eigenvalue weighted by molar-refractivity contribution is 6.00. The minimum Gasteiger partial charge on any atom is -0.497 e. The van der Waals surface area contributed by atoms with Crippen molar-refractivity contribution in [2.75, 3.05) is 19.0 Å². The molecule has 6 heteroatoms. The van der Waals surface area contributed by atoms with Gasteiger partial charge < -0.3 is 14.8 Å². The monoisotopic (exact) mass is 350 g/mol. The zero-order valence-electron chi connectivity index (χ0n) is 14.5. The van der Waals surface area contributed by atoms with Crippen molar-refractivity contribution in [2.45, 2.75) is 6.92 Å². The van der Waals surface area contributed by atoms with E-state index in [1.807, 2.05) is 19.1 Å². The Hall–Kier alpha value is -3.59. The molecule has 2 aromatic rings. The van der Waals surface area contributed by atoms with Gasteiger partial charge in [-0.05, 0) is 30.7 Å². The van der Waals surface area contributed by atoms with Gasteiger partial charge in [-0.1, -0.05) is 35.9 Å². The molecule has 0 aliphatic heterocycles. The topological polar surface area (TPSA) is 88.4 Å². The molecule has 0 bridgehead atoms. The summed E-state index contributed by atoms with van der Waals surface area (Å²) in [5.74, 6) is -0.777. The van der Waals surface area contributed by atoms with E-state index in [0.717, 1.165) is 5.56 Å². The van der Waals surface area contributed by atoms with Crippen LogP contribution >= 0.6 is 0 Å². The molecule has 0 aliphatic carbocycles. The first-order chi connectivity index (χ1) is 12.5. The highest BCUT2D eigenvalue weighted by Gasteiger charge is 2.13. The SMILES string of the molecule is COc1cccc(NC(=O)COC(=O)/C(C#N)=C/c2ccc(C)cc2)c1. The van der Waals surface area contributed by atoms with E-state index >= 15 is 0 Å². The van der Waals surface area contributed by atoms with Crippen LogP contribution in [0.15, 0.2) is 54.1 Å². The third-order valence-corrected chi connectivity index (χ3v) is 3.42. The highest BCUT2D eigenvalue weighted by Crippen LogP contribution is 2.16. The number of nitriles is 1. The van der Waals surface area contributed by atoms with Gasteiger partial charge in [0.1, 0.15) is 17.4 Å². The molecule has 1 amide bonds. The summed E-state index contributed by atoms with van der Waals surface area (Å²) < 4.78 is 9.97. The van der Waals surface area contributed by atoms with Crippen LogP contribution in [0.2, 0.25) is 0 Å². The van der Waals surface area contributed by atoms with Crippen molar-refractivity contribution in [3.8, 4) is 11.8 Å². The van der Waals surface area contributed by atoms with Crippen molar-refractivity contribution in [1.29, 1.82) is 5.26 Å². The maximum Gasteiger partial charge on any atom is 0.349 e. The van der Waals surface area contributed by atoms with E-state index in [2.05, 4.69) is 5.32 Å². The Kier molecular flexibility index (Phi) is 6.52. The molecule has 6 nitrogen and oxygen atoms in total. The predicted molar refractivity (Wildman–Crippen MR) is 97.4 cm³/mol. The fourth-order valence-electron chi connectivity index (χ4n) is 2.07. The Balaban J connectivity index is 1.94. The molecule has 2 aromatic carbocycles. The Bertz CT molecular complexity index is 864. The van der Waals surface area contributed by atoms with Gasteiger partial charge in [-0.3, -0.25) is 4.79 Å². The molecule has 0 saturated heterocycles. The van der Waals surface area contributed by atoms with Crippen LogP contribution in [0.1, 0.15) is 11.1 Å². The second-order valence-electron chi connectivity index (χ2n) is 5.44. The van der Waals surface area contributed by atoms with E-state index < -0.39 is 18.5 Å². The number of rotatable bonds is 6. The first-order valence-corrected chi connectivity index (χ1v) is 7.81. The lowest BCUT2D eigenvalue weighted by Gasteiger charge is -2.07. The molecule has 0 spiro atoms. The number of nitrogens with zero attached hydrogens (tertiary/aromatic N) is 1. The van der Waals surface area contributed by atoms with Gasteiger partial charge in [0.25, 0.3) is 5.91 Å². The molecule has 0 saturated carbocycles. The smallest absolute Gasteiger partial charge is 0.349 e. The van der Waals surface area contributed by atoms with Gasteiger partial charge in [-0.15, -0.1) is 0 Å². The first kappa shape index (κ1) is 18.7. The number of hydrogen-bond acceptors (Lipinski definition) is 5. The molecular weight excluding hydrogens is 332 g/mol. The largest absolute Gasteiger partial charge is 0.497 e. The van der Waals surface area contributed by atoms with Gasteiger partial charge in [-0.25, -0.2) is 4.79 Å². The van der Waals surface area contributed by atoms with E-state index in [1.54, 1.807) is 42.5 Å². The second-order valence-corrected chi connectivity index (χ2v) is 5.44. The first-order valence-electron chi connectivity index (χ1n) is 7.81. The average molecular weight is 350 g/mol. The van der Waals surface area contributed by atoms with Crippen molar-refractivity contribution < 1.29 is 19.1 Å². The Morgan fingerprint density at radius 1 is 1.19 bits per heavy atom. The molecule has 0 aromatic heterocycles. The van der Waals surface area contributed by atoms with Crippen molar-refractivity contribution in [3.63, 3.8) is 0 Å². The number of amides is 1. The summed E-state index contributed by atoms with van der Waals surface area (Å²) in [6.45, 7) is 1.44. The number of carbonyl (C=O) groups excluding carboxylic acids is 2. The van der Waals surface area contributed by atoms with Gasteiger partial charge in [-0.2, -0.15) is 5.26 Å². The summed E-state index contributed by atoms with van der Waals surface area (Å²) in [6.07, 6.45) is 1.42. The van der Waals surface area contributed by atoms with Crippen LogP contribution in [0, 0.1) is 18.3 Å². The minimum atomic E-state index is -0.853. The normalized spacial score (nSPS) is 10.6. The van der Waals surface area contributed by atoms with Gasteiger partial charge in [0.15, 0.2) is 6.61 Å². The van der Waals surface area contributed by atoms with Crippen molar-refractivity contribution in [3.05, 3.63) is 65.2 Å². The molecule has 0 aliphatic rings. The number of carbonyl (C=O) groups is 2. The van der Waals surface area contributed by atoms with E-state index in [1.165, 1.54) is 13.2 Å². The quantitative estimate of drug-likeness (QED) is 0.491. The van der Waals surface area contributed by atoms with Crippen LogP contribution in [-0.2, 0) is 14.3 Å². The Labute approximate surface area is 151 Å². The average Bonchev–Trinajstić information content (AvgIpc) is 2.65. The van der Waals surface area contributed by atoms with Crippen LogP contribution in [-0.4, -0.2) is 25.6 Å². The summed E-state index contributed by atoms with van der Waals surface area (Å²) in [7, 11) is 1.52. The highest BCUT2D eigenvalue weighted by atomic mass is 16.5. The lowest BCUT2D eigenvalue weighted by Crippen LogP contribution is -2.21.